The summed E-state index contributed by atoms with van der Waals surface area (Å²) in [6.07, 6.45) is 3.24. The number of benzene rings is 5. The van der Waals surface area contributed by atoms with Gasteiger partial charge in [-0.25, -0.2) is 0 Å². The van der Waals surface area contributed by atoms with Crippen molar-refractivity contribution in [3.05, 3.63) is 156 Å². The fraction of sp³-hybridized carbons (Fsp3) is 0.224. The average molecular weight is 873 g/mol. The van der Waals surface area contributed by atoms with Crippen LogP contribution in [0.15, 0.2) is 132 Å². The van der Waals surface area contributed by atoms with Crippen LogP contribution in [0.4, 0.5) is 0 Å². The third kappa shape index (κ3) is 9.02. The van der Waals surface area contributed by atoms with E-state index in [4.69, 9.17) is 7.16 Å². The number of hydrogen-bond acceptors (Lipinski definition) is 3. The quantitative estimate of drug-likeness (QED) is 0.162. The molecule has 5 aromatic carbocycles. The van der Waals surface area contributed by atoms with Gasteiger partial charge >= 0.3 is 0 Å². The maximum Gasteiger partial charge on any atom is 0.136 e. The molecule has 1 radical (unpaired) electrons. The molecule has 8 rings (SSSR count). The molecule has 3 aromatic heterocycles. The van der Waals surface area contributed by atoms with E-state index in [0.717, 1.165) is 72.8 Å². The fourth-order valence-electron chi connectivity index (χ4n) is 6.64. The van der Waals surface area contributed by atoms with Crippen molar-refractivity contribution in [3.63, 3.8) is 0 Å². The summed E-state index contributed by atoms with van der Waals surface area (Å²) in [6.45, 7) is 14.5. The predicted octanol–water partition coefficient (Wildman–Crippen LogP) is 13.3. The van der Waals surface area contributed by atoms with Gasteiger partial charge in [-0.05, 0) is 69.5 Å². The summed E-state index contributed by atoms with van der Waals surface area (Å²) in [6, 6.07) is 45.5. The van der Waals surface area contributed by atoms with E-state index in [2.05, 4.69) is 117 Å². The summed E-state index contributed by atoms with van der Waals surface area (Å²) in [5.41, 5.74) is 10.5. The number of pyridine rings is 2. The van der Waals surface area contributed by atoms with Gasteiger partial charge in [-0.1, -0.05) is 126 Å². The van der Waals surface area contributed by atoms with E-state index >= 15 is 0 Å². The topological polar surface area (TPSA) is 38.9 Å². The molecule has 0 aliphatic heterocycles. The minimum Gasteiger partial charge on any atom is -0.456 e. The first-order valence-electron chi connectivity index (χ1n) is 18.9. The van der Waals surface area contributed by atoms with Crippen LogP contribution in [0.5, 0.6) is 0 Å². The molecule has 0 spiro atoms. The van der Waals surface area contributed by atoms with E-state index < -0.39 is 11.8 Å². The molecule has 269 valence electrons. The molecule has 3 heterocycles. The Balaban J connectivity index is 0.000000229. The summed E-state index contributed by atoms with van der Waals surface area (Å²) in [7, 11) is 0. The number of aryl methyl sites for hydroxylation is 1. The van der Waals surface area contributed by atoms with Gasteiger partial charge in [-0.2, -0.15) is 0 Å². The molecule has 0 N–H and O–H groups in total. The van der Waals surface area contributed by atoms with Crippen LogP contribution in [0.25, 0.3) is 66.4 Å². The Kier molecular flexibility index (Phi) is 10.4. The maximum atomic E-state index is 8.62. The number of rotatable bonds is 5. The number of fused-ring (bicyclic) bond motifs is 5. The second-order valence-electron chi connectivity index (χ2n) is 15.8. The van der Waals surface area contributed by atoms with Gasteiger partial charge in [0, 0.05) is 46.0 Å². The molecule has 0 atom stereocenters. The van der Waals surface area contributed by atoms with Crippen LogP contribution in [-0.4, -0.2) is 9.97 Å². The standard InChI is InChI=1S/C32H26NO.C17H20N.Ir/c1-32(2,3)20-21-17-18-33-28(19-21)23-13-11-22(12-14-23)24-8-6-9-26-25(24)15-16-30-31(26)27-7-4-5-10-29(27)34-30;1-13-5-8-15(9-6-13)16-10-7-14(12-18-16)11-17(2,3)4;/h4-13,15-19H,20H2,1-3H3;5-8,10,12H,11H2,1-4H3;/q2*-1;/i20D2;;. The monoisotopic (exact) mass is 873 g/mol. The first-order chi connectivity index (χ1) is 25.7. The van der Waals surface area contributed by atoms with E-state index in [0.29, 0.717) is 11.0 Å². The van der Waals surface area contributed by atoms with Crippen LogP contribution < -0.4 is 0 Å². The summed E-state index contributed by atoms with van der Waals surface area (Å²) in [5.74, 6) is 0. The minimum atomic E-state index is -1.48. The van der Waals surface area contributed by atoms with Gasteiger partial charge in [0.15, 0.2) is 0 Å². The predicted molar refractivity (Wildman–Crippen MR) is 218 cm³/mol. The number of hydrogen-bond donors (Lipinski definition) is 0. The molecular formula is C49H46IrN2O-2. The van der Waals surface area contributed by atoms with Gasteiger partial charge in [-0.3, -0.25) is 0 Å². The zero-order valence-electron chi connectivity index (χ0n) is 33.5. The number of furan rings is 1. The zero-order valence-corrected chi connectivity index (χ0v) is 33.9. The Morgan fingerprint density at radius 2 is 1.40 bits per heavy atom. The molecule has 4 heteroatoms. The minimum absolute atomic E-state index is 0. The third-order valence-electron chi connectivity index (χ3n) is 8.88. The van der Waals surface area contributed by atoms with Crippen LogP contribution in [0.2, 0.25) is 0 Å². The molecule has 0 aliphatic carbocycles. The average Bonchev–Trinajstić information content (AvgIpc) is 3.54. The van der Waals surface area contributed by atoms with E-state index in [9.17, 15) is 0 Å². The zero-order chi connectivity index (χ0) is 38.3. The van der Waals surface area contributed by atoms with Crippen molar-refractivity contribution in [2.45, 2.75) is 61.3 Å². The summed E-state index contributed by atoms with van der Waals surface area (Å²) >= 11 is 0. The SMILES string of the molecule is Cc1c[c-]c(-c2ccc(CC(C)(C)C)cn2)cc1.[2H]C([2H])(c1ccnc(-c2[c-]cc(-c3cccc4c3ccc3oc5ccccc5c34)cc2)c1)C(C)(C)C.[Ir]. The van der Waals surface area contributed by atoms with Crippen molar-refractivity contribution in [3.8, 4) is 33.6 Å². The second kappa shape index (κ2) is 15.6. The first kappa shape index (κ1) is 35.2. The molecule has 0 aliphatic rings. The van der Waals surface area contributed by atoms with Gasteiger partial charge in [0.05, 0.1) is 0 Å². The Labute approximate surface area is 330 Å². The van der Waals surface area contributed by atoms with E-state index in [1.165, 1.54) is 11.1 Å². The molecule has 8 aromatic rings. The van der Waals surface area contributed by atoms with Crippen molar-refractivity contribution in [2.24, 2.45) is 10.8 Å². The maximum absolute atomic E-state index is 8.62. The van der Waals surface area contributed by atoms with Crippen LogP contribution in [-0.2, 0) is 32.9 Å². The Morgan fingerprint density at radius 1 is 0.642 bits per heavy atom. The molecule has 0 unspecified atom stereocenters. The molecule has 0 saturated heterocycles. The Morgan fingerprint density at radius 3 is 2.09 bits per heavy atom. The molecule has 0 saturated carbocycles. The molecule has 0 bridgehead atoms. The number of para-hydroxylation sites is 1. The Bertz CT molecular complexity index is 2560. The van der Waals surface area contributed by atoms with E-state index in [-0.39, 0.29) is 20.1 Å². The van der Waals surface area contributed by atoms with E-state index in [1.54, 1.807) is 12.3 Å². The summed E-state index contributed by atoms with van der Waals surface area (Å²) in [5, 5.41) is 4.59. The molecule has 0 amide bonds. The molecule has 53 heavy (non-hydrogen) atoms. The van der Waals surface area contributed by atoms with Gasteiger partial charge < -0.3 is 14.4 Å². The van der Waals surface area contributed by atoms with Gasteiger partial charge in [0.2, 0.25) is 0 Å². The second-order valence-corrected chi connectivity index (χ2v) is 15.8. The van der Waals surface area contributed by atoms with Crippen LogP contribution >= 0.6 is 0 Å². The normalized spacial score (nSPS) is 12.5. The summed E-state index contributed by atoms with van der Waals surface area (Å²) in [4.78, 5) is 9.04. The van der Waals surface area contributed by atoms with Gasteiger partial charge in [0.25, 0.3) is 0 Å². The van der Waals surface area contributed by atoms with Crippen LogP contribution in [0.1, 0.15) is 61.0 Å². The molecule has 0 fully saturated rings. The smallest absolute Gasteiger partial charge is 0.136 e. The van der Waals surface area contributed by atoms with Crippen molar-refractivity contribution in [1.82, 2.24) is 9.97 Å². The molecular weight excluding hydrogens is 825 g/mol. The van der Waals surface area contributed by atoms with E-state index in [1.807, 2.05) is 69.4 Å². The van der Waals surface area contributed by atoms with Crippen molar-refractivity contribution in [2.75, 3.05) is 0 Å². The van der Waals surface area contributed by atoms with Crippen molar-refractivity contribution < 1.29 is 27.3 Å². The van der Waals surface area contributed by atoms with Crippen molar-refractivity contribution >= 4 is 32.7 Å². The van der Waals surface area contributed by atoms with Gasteiger partial charge in [0.1, 0.15) is 11.2 Å². The summed E-state index contributed by atoms with van der Waals surface area (Å²) < 4.78 is 23.3. The van der Waals surface area contributed by atoms with Crippen LogP contribution in [0, 0.1) is 29.9 Å². The number of nitrogens with zero attached hydrogens (tertiary/aromatic N) is 2. The molecule has 3 nitrogen and oxygen atoms in total. The third-order valence-corrected chi connectivity index (χ3v) is 8.88. The van der Waals surface area contributed by atoms with Gasteiger partial charge in [-0.15, -0.1) is 65.2 Å². The number of aromatic nitrogens is 2. The fourth-order valence-corrected chi connectivity index (χ4v) is 6.64. The Hall–Kier alpha value is -4.89. The first-order valence-corrected chi connectivity index (χ1v) is 17.9. The van der Waals surface area contributed by atoms with Crippen molar-refractivity contribution in [1.29, 1.82) is 0 Å². The largest absolute Gasteiger partial charge is 0.456 e. The van der Waals surface area contributed by atoms with Crippen LogP contribution in [0.3, 0.4) is 0 Å².